The molecule has 0 saturated carbocycles. The lowest BCUT2D eigenvalue weighted by Crippen LogP contribution is -2.23. The van der Waals surface area contributed by atoms with Gasteiger partial charge < -0.3 is 18.1 Å². The molecule has 0 spiro atoms. The van der Waals surface area contributed by atoms with Crippen LogP contribution in [0.2, 0.25) is 0 Å². The van der Waals surface area contributed by atoms with Crippen molar-refractivity contribution < 1.29 is 35.6 Å². The summed E-state index contributed by atoms with van der Waals surface area (Å²) in [7, 11) is -1.02. The molecule has 0 bridgehead atoms. The summed E-state index contributed by atoms with van der Waals surface area (Å²) in [5.74, 6) is 0.949. The number of hydrogen-bond donors (Lipinski definition) is 1. The van der Waals surface area contributed by atoms with E-state index in [0.29, 0.717) is 18.1 Å². The lowest BCUT2D eigenvalue weighted by atomic mass is 10.2. The summed E-state index contributed by atoms with van der Waals surface area (Å²) in [4.78, 5) is 1.35. The Labute approximate surface area is 236 Å². The first-order valence-electron chi connectivity index (χ1n) is 11.5. The fourth-order valence-electron chi connectivity index (χ4n) is 2.78. The minimum absolute atomic E-state index is 0.0175. The Kier molecular flexibility index (Phi) is 14.5. The van der Waals surface area contributed by atoms with E-state index >= 15 is 0 Å². The predicted molar refractivity (Wildman–Crippen MR) is 157 cm³/mol. The lowest BCUT2D eigenvalue weighted by molar-refractivity contribution is 0.265. The number of aryl methyl sites for hydroxylation is 1. The van der Waals surface area contributed by atoms with Gasteiger partial charge in [0.25, 0.3) is 0 Å². The summed E-state index contributed by atoms with van der Waals surface area (Å²) in [5, 5.41) is 2.86. The topological polar surface area (TPSA) is 113 Å². The van der Waals surface area contributed by atoms with E-state index < -0.39 is 24.5 Å². The molecule has 216 valence electrons. The summed E-state index contributed by atoms with van der Waals surface area (Å²) in [6.07, 6.45) is 2.02. The summed E-state index contributed by atoms with van der Waals surface area (Å²) in [6.45, 7) is 5.12. The first kappa shape index (κ1) is 35.0. The van der Waals surface area contributed by atoms with Crippen LogP contribution in [-0.2, 0) is 40.0 Å². The van der Waals surface area contributed by atoms with Crippen LogP contribution in [0.1, 0.15) is 26.3 Å². The molecule has 2 aromatic carbocycles. The van der Waals surface area contributed by atoms with Crippen LogP contribution in [0.3, 0.4) is 0 Å². The molecule has 0 amide bonds. The minimum Gasteiger partial charge on any atom is -0.424 e. The maximum atomic E-state index is 12.5. The highest BCUT2D eigenvalue weighted by molar-refractivity contribution is 8.07. The molecule has 1 N–H and O–H groups in total. The third kappa shape index (κ3) is 10.9. The van der Waals surface area contributed by atoms with E-state index in [1.165, 1.54) is 57.5 Å². The highest BCUT2D eigenvalue weighted by Crippen LogP contribution is 2.48. The second-order valence-corrected chi connectivity index (χ2v) is 15.9. The van der Waals surface area contributed by atoms with Gasteiger partial charge in [0.15, 0.2) is 0 Å². The summed E-state index contributed by atoms with van der Waals surface area (Å²) < 4.78 is 63.5. The zero-order valence-electron chi connectivity index (χ0n) is 23.2. The Hall–Kier alpha value is -0.980. The largest absolute Gasteiger partial charge is 0.458 e. The van der Waals surface area contributed by atoms with Crippen LogP contribution in [0.5, 0.6) is 11.5 Å². The van der Waals surface area contributed by atoms with Crippen LogP contribution < -0.4 is 14.1 Å². The van der Waals surface area contributed by atoms with Gasteiger partial charge in [-0.3, -0.25) is 4.52 Å². The Balaban J connectivity index is 0.000000380. The van der Waals surface area contributed by atoms with Gasteiger partial charge in [0, 0.05) is 51.1 Å². The fourth-order valence-corrected chi connectivity index (χ4v) is 6.75. The summed E-state index contributed by atoms with van der Waals surface area (Å²) in [5.41, 5.74) is 1.09. The first-order valence-corrected chi connectivity index (χ1v) is 18.2. The van der Waals surface area contributed by atoms with Crippen LogP contribution in [0.4, 0.5) is 0 Å². The van der Waals surface area contributed by atoms with Crippen LogP contribution in [0.25, 0.3) is 0 Å². The van der Waals surface area contributed by atoms with Crippen molar-refractivity contribution in [2.75, 3.05) is 41.2 Å². The highest BCUT2D eigenvalue weighted by Gasteiger charge is 2.27. The molecule has 0 aliphatic heterocycles. The standard InChI is InChI=1S/C13H22NO3PS.C10H16NO5PS2/c1-6-16-18(15,14-10(2)3)17-12-7-8-13(19-5)11(4)9-12;1-11(2)19(12,13)10-7-5-9(6-8-10)16-17(18,14-3)15-4/h7-10H,6H2,1-5H3,(H,14,15);5-8H,1-4H3. The van der Waals surface area contributed by atoms with E-state index in [0.717, 1.165) is 9.87 Å². The minimum atomic E-state index is -3.45. The molecule has 1 atom stereocenters. The van der Waals surface area contributed by atoms with Crippen molar-refractivity contribution in [2.24, 2.45) is 0 Å². The molecule has 10 nitrogen and oxygen atoms in total. The van der Waals surface area contributed by atoms with Crippen molar-refractivity contribution in [1.82, 2.24) is 9.39 Å². The number of benzene rings is 2. The van der Waals surface area contributed by atoms with Crippen LogP contribution in [0.15, 0.2) is 52.3 Å². The van der Waals surface area contributed by atoms with E-state index in [1.54, 1.807) is 18.7 Å². The van der Waals surface area contributed by atoms with Crippen LogP contribution >= 0.6 is 26.2 Å². The van der Waals surface area contributed by atoms with Crippen LogP contribution in [0, 0.1) is 6.92 Å². The Bertz CT molecular complexity index is 1220. The average Bonchev–Trinajstić information content (AvgIpc) is 2.84. The molecule has 2 aromatic rings. The molecule has 0 heterocycles. The molecule has 0 aliphatic rings. The molecule has 38 heavy (non-hydrogen) atoms. The zero-order valence-corrected chi connectivity index (χ0v) is 27.4. The van der Waals surface area contributed by atoms with Gasteiger partial charge in [-0.1, -0.05) is 0 Å². The van der Waals surface area contributed by atoms with Crippen molar-refractivity contribution in [2.45, 2.75) is 43.5 Å². The maximum absolute atomic E-state index is 12.5. The smallest absolute Gasteiger partial charge is 0.424 e. The quantitative estimate of drug-likeness (QED) is 0.206. The lowest BCUT2D eigenvalue weighted by Gasteiger charge is -2.21. The van der Waals surface area contributed by atoms with E-state index in [9.17, 15) is 13.0 Å². The normalized spacial score (nSPS) is 13.6. The number of nitrogens with one attached hydrogen (secondary N) is 1. The number of hydrogen-bond acceptors (Lipinski definition) is 10. The first-order chi connectivity index (χ1) is 17.6. The number of sulfonamides is 1. The van der Waals surface area contributed by atoms with Crippen molar-refractivity contribution >= 4 is 48.1 Å². The van der Waals surface area contributed by atoms with Gasteiger partial charge >= 0.3 is 14.5 Å². The third-order valence-electron chi connectivity index (χ3n) is 4.57. The number of rotatable bonds is 13. The van der Waals surface area contributed by atoms with E-state index in [2.05, 4.69) is 5.09 Å². The molecule has 0 fully saturated rings. The molecule has 0 aromatic heterocycles. The molecule has 0 aliphatic carbocycles. The molecule has 0 radical (unpaired) electrons. The predicted octanol–water partition coefficient (Wildman–Crippen LogP) is 6.07. The van der Waals surface area contributed by atoms with Crippen molar-refractivity contribution in [3.05, 3.63) is 48.0 Å². The summed E-state index contributed by atoms with van der Waals surface area (Å²) >= 11 is 6.72. The maximum Gasteiger partial charge on any atom is 0.458 e. The molecular weight excluding hydrogens is 590 g/mol. The average molecular weight is 629 g/mol. The monoisotopic (exact) mass is 628 g/mol. The van der Waals surface area contributed by atoms with Gasteiger partial charge in [0.2, 0.25) is 10.0 Å². The Morgan fingerprint density at radius 2 is 1.58 bits per heavy atom. The van der Waals surface area contributed by atoms with E-state index in [-0.39, 0.29) is 10.9 Å². The molecule has 15 heteroatoms. The van der Waals surface area contributed by atoms with Gasteiger partial charge in [0.1, 0.15) is 11.5 Å². The van der Waals surface area contributed by atoms with Crippen molar-refractivity contribution in [3.8, 4) is 11.5 Å². The van der Waals surface area contributed by atoms with Gasteiger partial charge in [-0.15, -0.1) is 11.8 Å². The van der Waals surface area contributed by atoms with Gasteiger partial charge in [-0.2, -0.15) is 0 Å². The highest BCUT2D eigenvalue weighted by atomic mass is 32.5. The van der Waals surface area contributed by atoms with E-state index in [1.807, 2.05) is 45.2 Å². The second kappa shape index (κ2) is 15.7. The Morgan fingerprint density at radius 1 is 1.03 bits per heavy atom. The van der Waals surface area contributed by atoms with Gasteiger partial charge in [0.05, 0.1) is 11.5 Å². The molecular formula is C23H38N2O8P2S3. The SMILES string of the molecule is CCOP(=O)(NC(C)C)Oc1ccc(SC)c(C)c1.COP(=S)(OC)Oc1ccc(S(=O)(=O)N(C)C)cc1. The number of nitrogens with zero attached hydrogens (tertiary/aromatic N) is 1. The van der Waals surface area contributed by atoms with Gasteiger partial charge in [-0.05, 0) is 82.0 Å². The van der Waals surface area contributed by atoms with Gasteiger partial charge in [-0.25, -0.2) is 22.4 Å². The molecule has 2 rings (SSSR count). The van der Waals surface area contributed by atoms with Crippen molar-refractivity contribution in [3.63, 3.8) is 0 Å². The fraction of sp³-hybridized carbons (Fsp3) is 0.478. The third-order valence-corrected chi connectivity index (χ3v) is 11.6. The molecule has 0 saturated heterocycles. The van der Waals surface area contributed by atoms with Crippen molar-refractivity contribution in [1.29, 1.82) is 0 Å². The Morgan fingerprint density at radius 3 is 2.00 bits per heavy atom. The molecule has 1 unspecified atom stereocenters. The van der Waals surface area contributed by atoms with Crippen LogP contribution in [-0.4, -0.2) is 59.9 Å². The van der Waals surface area contributed by atoms with E-state index in [4.69, 9.17) is 34.4 Å². The summed E-state index contributed by atoms with van der Waals surface area (Å²) in [6, 6.07) is 11.6. The second-order valence-electron chi connectivity index (χ2n) is 8.08. The number of thioether (sulfide) groups is 1. The zero-order chi connectivity index (χ0) is 29.1.